The number of rotatable bonds is 4. The molecule has 114 valence electrons. The largest absolute Gasteiger partial charge is 0.469 e. The average Bonchev–Trinajstić information content (AvgIpc) is 2.47. The lowest BCUT2D eigenvalue weighted by molar-refractivity contribution is -0.156. The number of ether oxygens (including phenoxy) is 1. The quantitative estimate of drug-likeness (QED) is 0.569. The van der Waals surface area contributed by atoms with E-state index >= 15 is 0 Å². The molecule has 0 saturated heterocycles. The van der Waals surface area contributed by atoms with Gasteiger partial charge in [-0.05, 0) is 56.6 Å². The van der Waals surface area contributed by atoms with Gasteiger partial charge in [-0.1, -0.05) is 46.3 Å². The second-order valence-electron chi connectivity index (χ2n) is 6.10. The zero-order valence-electron chi connectivity index (χ0n) is 12.8. The number of carbonyl (C=O) groups is 1. The maximum atomic E-state index is 12.3. The zero-order chi connectivity index (χ0) is 15.5. The highest BCUT2D eigenvalue weighted by molar-refractivity contribution is 9.10. The minimum Gasteiger partial charge on any atom is -0.469 e. The van der Waals surface area contributed by atoms with Crippen molar-refractivity contribution in [1.29, 1.82) is 0 Å². The summed E-state index contributed by atoms with van der Waals surface area (Å²) in [6.07, 6.45) is 4.81. The van der Waals surface area contributed by atoms with Gasteiger partial charge in [0.15, 0.2) is 0 Å². The summed E-state index contributed by atoms with van der Waals surface area (Å²) >= 11 is 3.59. The number of allylic oxidation sites excluding steroid dienone is 1. The molecular formula is C18H23BrO2. The maximum Gasteiger partial charge on any atom is 0.312 e. The second kappa shape index (κ2) is 6.78. The van der Waals surface area contributed by atoms with E-state index in [4.69, 9.17) is 4.74 Å². The summed E-state index contributed by atoms with van der Waals surface area (Å²) in [6, 6.07) is 8.26. The first kappa shape index (κ1) is 16.3. The highest BCUT2D eigenvalue weighted by atomic mass is 79.9. The van der Waals surface area contributed by atoms with Crippen molar-refractivity contribution in [1.82, 2.24) is 0 Å². The van der Waals surface area contributed by atoms with E-state index in [9.17, 15) is 4.79 Å². The molecule has 0 unspecified atom stereocenters. The van der Waals surface area contributed by atoms with E-state index in [0.717, 1.165) is 36.6 Å². The van der Waals surface area contributed by atoms with Crippen molar-refractivity contribution in [3.05, 3.63) is 46.5 Å². The molecule has 21 heavy (non-hydrogen) atoms. The molecule has 1 fully saturated rings. The fraction of sp³-hybridized carbons (Fsp3) is 0.500. The van der Waals surface area contributed by atoms with Crippen molar-refractivity contribution in [2.45, 2.75) is 39.0 Å². The second-order valence-corrected chi connectivity index (χ2v) is 6.96. The van der Waals surface area contributed by atoms with Crippen LogP contribution in [0.15, 0.2) is 40.9 Å². The van der Waals surface area contributed by atoms with E-state index in [0.29, 0.717) is 0 Å². The number of hydrogen-bond acceptors (Lipinski definition) is 2. The van der Waals surface area contributed by atoms with Crippen LogP contribution in [0.1, 0.15) is 38.2 Å². The third-order valence-corrected chi connectivity index (χ3v) is 5.54. The van der Waals surface area contributed by atoms with Gasteiger partial charge in [0.05, 0.1) is 12.5 Å². The van der Waals surface area contributed by atoms with Crippen molar-refractivity contribution < 1.29 is 9.53 Å². The fourth-order valence-electron chi connectivity index (χ4n) is 3.48. The molecule has 2 rings (SSSR count). The van der Waals surface area contributed by atoms with Gasteiger partial charge in [-0.3, -0.25) is 4.79 Å². The van der Waals surface area contributed by atoms with Crippen molar-refractivity contribution in [2.24, 2.45) is 11.3 Å². The molecule has 0 aliphatic heterocycles. The molecule has 1 aromatic rings. The molecule has 0 aromatic heterocycles. The van der Waals surface area contributed by atoms with Gasteiger partial charge in [0.25, 0.3) is 0 Å². The first-order valence-corrected chi connectivity index (χ1v) is 8.28. The molecule has 3 heteroatoms. The normalized spacial score (nSPS) is 25.7. The number of esters is 1. The standard InChI is InChI=1S/C18H23BrO2/c1-13-7-6-12-18(2,17(20)21-3)15(13)11-10-14-8-4-5-9-16(14)19/h4-5,8-9,15H,1,6-7,10-12H2,2-3H3/t15-,18-/m1/s1. The summed E-state index contributed by atoms with van der Waals surface area (Å²) in [6.45, 7) is 6.26. The van der Waals surface area contributed by atoms with Crippen LogP contribution >= 0.6 is 15.9 Å². The Hall–Kier alpha value is -1.09. The lowest BCUT2D eigenvalue weighted by Crippen LogP contribution is -2.40. The Morgan fingerprint density at radius 2 is 2.19 bits per heavy atom. The summed E-state index contributed by atoms with van der Waals surface area (Å²) in [5, 5.41) is 0. The van der Waals surface area contributed by atoms with E-state index in [1.807, 2.05) is 13.0 Å². The van der Waals surface area contributed by atoms with Gasteiger partial charge in [-0.25, -0.2) is 0 Å². The molecule has 1 aliphatic rings. The van der Waals surface area contributed by atoms with Crippen LogP contribution in [0.3, 0.4) is 0 Å². The molecular weight excluding hydrogens is 328 g/mol. The number of hydrogen-bond donors (Lipinski definition) is 0. The number of methoxy groups -OCH3 is 1. The Balaban J connectivity index is 2.16. The number of benzene rings is 1. The molecule has 2 atom stereocenters. The van der Waals surface area contributed by atoms with Crippen molar-refractivity contribution in [2.75, 3.05) is 7.11 Å². The molecule has 0 heterocycles. The van der Waals surface area contributed by atoms with Crippen LogP contribution in [0, 0.1) is 11.3 Å². The zero-order valence-corrected chi connectivity index (χ0v) is 14.4. The Labute approximate surface area is 135 Å². The molecule has 1 aliphatic carbocycles. The van der Waals surface area contributed by atoms with Gasteiger partial charge in [-0.15, -0.1) is 0 Å². The summed E-state index contributed by atoms with van der Waals surface area (Å²) in [7, 11) is 1.48. The summed E-state index contributed by atoms with van der Waals surface area (Å²) in [5.41, 5.74) is 2.05. The predicted molar refractivity (Wildman–Crippen MR) is 89.1 cm³/mol. The van der Waals surface area contributed by atoms with Crippen molar-refractivity contribution in [3.8, 4) is 0 Å². The SMILES string of the molecule is C=C1CCC[C@@](C)(C(=O)OC)[C@@H]1CCc1ccccc1Br. The minimum atomic E-state index is -0.425. The van der Waals surface area contributed by atoms with Crippen LogP contribution in [0.4, 0.5) is 0 Å². The molecule has 0 amide bonds. The first-order chi connectivity index (χ1) is 9.99. The van der Waals surface area contributed by atoms with E-state index in [-0.39, 0.29) is 11.9 Å². The monoisotopic (exact) mass is 350 g/mol. The minimum absolute atomic E-state index is 0.0968. The molecule has 0 N–H and O–H groups in total. The first-order valence-electron chi connectivity index (χ1n) is 7.48. The fourth-order valence-corrected chi connectivity index (χ4v) is 3.97. The third-order valence-electron chi connectivity index (χ3n) is 4.77. The van der Waals surface area contributed by atoms with Crippen LogP contribution in [-0.4, -0.2) is 13.1 Å². The van der Waals surface area contributed by atoms with Crippen molar-refractivity contribution in [3.63, 3.8) is 0 Å². The van der Waals surface area contributed by atoms with E-state index in [2.05, 4.69) is 40.7 Å². The molecule has 1 aromatic carbocycles. The topological polar surface area (TPSA) is 26.3 Å². The maximum absolute atomic E-state index is 12.3. The van der Waals surface area contributed by atoms with Gasteiger partial charge in [0.1, 0.15) is 0 Å². The molecule has 0 radical (unpaired) electrons. The van der Waals surface area contributed by atoms with E-state index < -0.39 is 5.41 Å². The van der Waals surface area contributed by atoms with E-state index in [1.165, 1.54) is 18.2 Å². The lowest BCUT2D eigenvalue weighted by atomic mass is 9.64. The lowest BCUT2D eigenvalue weighted by Gasteiger charge is -2.40. The summed E-state index contributed by atoms with van der Waals surface area (Å²) < 4.78 is 6.19. The number of aryl methyl sites for hydroxylation is 1. The number of carbonyl (C=O) groups excluding carboxylic acids is 1. The number of halogens is 1. The molecule has 2 nitrogen and oxygen atoms in total. The Bertz CT molecular complexity index is 538. The highest BCUT2D eigenvalue weighted by Crippen LogP contribution is 2.46. The Morgan fingerprint density at radius 3 is 2.86 bits per heavy atom. The Morgan fingerprint density at radius 1 is 1.48 bits per heavy atom. The predicted octanol–water partition coefficient (Wildman–Crippen LogP) is 4.92. The smallest absolute Gasteiger partial charge is 0.312 e. The van der Waals surface area contributed by atoms with E-state index in [1.54, 1.807) is 0 Å². The summed E-state index contributed by atoms with van der Waals surface area (Å²) in [4.78, 5) is 12.3. The highest BCUT2D eigenvalue weighted by Gasteiger charge is 2.45. The molecule has 0 spiro atoms. The Kier molecular flexibility index (Phi) is 5.26. The average molecular weight is 351 g/mol. The third kappa shape index (κ3) is 3.39. The van der Waals surface area contributed by atoms with Gasteiger partial charge in [-0.2, -0.15) is 0 Å². The molecule has 1 saturated carbocycles. The van der Waals surface area contributed by atoms with Gasteiger partial charge in [0, 0.05) is 4.47 Å². The van der Waals surface area contributed by atoms with Crippen LogP contribution < -0.4 is 0 Å². The summed E-state index contributed by atoms with van der Waals surface area (Å²) in [5.74, 6) is 0.103. The van der Waals surface area contributed by atoms with Crippen LogP contribution in [0.5, 0.6) is 0 Å². The van der Waals surface area contributed by atoms with Crippen LogP contribution in [-0.2, 0) is 16.0 Å². The van der Waals surface area contributed by atoms with Crippen LogP contribution in [0.25, 0.3) is 0 Å². The molecule has 0 bridgehead atoms. The van der Waals surface area contributed by atoms with Gasteiger partial charge >= 0.3 is 5.97 Å². The van der Waals surface area contributed by atoms with Crippen LogP contribution in [0.2, 0.25) is 0 Å². The van der Waals surface area contributed by atoms with Gasteiger partial charge in [0.2, 0.25) is 0 Å². The van der Waals surface area contributed by atoms with Crippen molar-refractivity contribution >= 4 is 21.9 Å². The van der Waals surface area contributed by atoms with Gasteiger partial charge < -0.3 is 4.74 Å².